The van der Waals surface area contributed by atoms with Crippen LogP contribution in [0.4, 0.5) is 5.13 Å². The number of hydrogen-bond acceptors (Lipinski definition) is 6. The molecule has 2 aliphatic rings. The summed E-state index contributed by atoms with van der Waals surface area (Å²) in [6.07, 6.45) is 3.51. The molecular formula is C19H23N3O4S2. The van der Waals surface area contributed by atoms with Crippen molar-refractivity contribution in [2.45, 2.75) is 44.0 Å². The Labute approximate surface area is 168 Å². The highest BCUT2D eigenvalue weighted by molar-refractivity contribution is 7.89. The van der Waals surface area contributed by atoms with Gasteiger partial charge in [0.05, 0.1) is 24.2 Å². The molecule has 1 aliphatic heterocycles. The highest BCUT2D eigenvalue weighted by Gasteiger charge is 2.32. The highest BCUT2D eigenvalue weighted by Crippen LogP contribution is 2.33. The van der Waals surface area contributed by atoms with Gasteiger partial charge in [-0.15, -0.1) is 11.3 Å². The molecule has 0 radical (unpaired) electrons. The lowest BCUT2D eigenvalue weighted by molar-refractivity contribution is -0.122. The van der Waals surface area contributed by atoms with Crippen LogP contribution in [0.1, 0.15) is 35.4 Å². The third-order valence-corrected chi connectivity index (χ3v) is 8.25. The summed E-state index contributed by atoms with van der Waals surface area (Å²) >= 11 is 1.37. The van der Waals surface area contributed by atoms with Crippen molar-refractivity contribution in [2.75, 3.05) is 19.0 Å². The lowest BCUT2D eigenvalue weighted by atomic mass is 9.85. The third-order valence-electron chi connectivity index (χ3n) is 5.41. The fraction of sp³-hybridized carbons (Fsp3) is 0.474. The van der Waals surface area contributed by atoms with Crippen molar-refractivity contribution in [3.63, 3.8) is 0 Å². The average molecular weight is 422 g/mol. The van der Waals surface area contributed by atoms with Crippen LogP contribution < -0.4 is 10.1 Å². The number of amides is 1. The maximum atomic E-state index is 13.1. The summed E-state index contributed by atoms with van der Waals surface area (Å²) in [7, 11) is -2.04. The van der Waals surface area contributed by atoms with E-state index in [1.165, 1.54) is 15.6 Å². The smallest absolute Gasteiger partial charge is 0.243 e. The summed E-state index contributed by atoms with van der Waals surface area (Å²) in [5.41, 5.74) is 1.66. The van der Waals surface area contributed by atoms with E-state index in [1.807, 2.05) is 6.92 Å². The Morgan fingerprint density at radius 1 is 1.36 bits per heavy atom. The predicted octanol–water partition coefficient (Wildman–Crippen LogP) is 2.95. The minimum absolute atomic E-state index is 0.0236. The molecule has 28 heavy (non-hydrogen) atoms. The molecule has 7 nitrogen and oxygen atoms in total. The maximum Gasteiger partial charge on any atom is 0.243 e. The molecule has 2 aromatic rings. The Hall–Kier alpha value is -1.97. The number of fused-ring (bicyclic) bond motifs is 1. The van der Waals surface area contributed by atoms with Crippen molar-refractivity contribution < 1.29 is 17.9 Å². The molecule has 0 bridgehead atoms. The first-order valence-corrected chi connectivity index (χ1v) is 11.6. The number of carbonyl (C=O) groups is 1. The zero-order valence-corrected chi connectivity index (χ0v) is 17.5. The second-order valence-corrected chi connectivity index (χ2v) is 10.2. The molecule has 0 spiro atoms. The average Bonchev–Trinajstić information content (AvgIpc) is 3.01. The molecule has 1 amide bonds. The third kappa shape index (κ3) is 3.54. The van der Waals surface area contributed by atoms with Crippen LogP contribution in [0.15, 0.2) is 23.1 Å². The van der Waals surface area contributed by atoms with Crippen LogP contribution in [0.5, 0.6) is 5.75 Å². The van der Waals surface area contributed by atoms with Gasteiger partial charge >= 0.3 is 0 Å². The zero-order valence-electron chi connectivity index (χ0n) is 15.9. The number of nitrogens with zero attached hydrogens (tertiary/aromatic N) is 2. The van der Waals surface area contributed by atoms with Crippen LogP contribution in [-0.4, -0.2) is 37.3 Å². The minimum atomic E-state index is -3.60. The lowest BCUT2D eigenvalue weighted by Gasteiger charge is -2.25. The van der Waals surface area contributed by atoms with Crippen LogP contribution in [-0.2, 0) is 27.8 Å². The van der Waals surface area contributed by atoms with Crippen LogP contribution >= 0.6 is 11.3 Å². The number of thiazole rings is 1. The van der Waals surface area contributed by atoms with E-state index in [0.29, 0.717) is 23.8 Å². The molecule has 1 saturated carbocycles. The van der Waals surface area contributed by atoms with Gasteiger partial charge in [0.1, 0.15) is 5.75 Å². The fourth-order valence-electron chi connectivity index (χ4n) is 3.47. The summed E-state index contributed by atoms with van der Waals surface area (Å²) in [6, 6.07) is 4.90. The molecule has 1 N–H and O–H groups in total. The molecule has 1 aromatic heterocycles. The first kappa shape index (κ1) is 19.4. The van der Waals surface area contributed by atoms with E-state index >= 15 is 0 Å². The standard InChI is InChI=1S/C19H23N3O4S2/c1-12-10-14(6-7-16(12)26-2)28(24,25)22-9-8-15-17(11-22)27-19(20-15)21-18(23)13-4-3-5-13/h6-7,10,13H,3-5,8-9,11H2,1-2H3,(H,20,21,23). The molecule has 0 unspecified atom stereocenters. The summed E-state index contributed by atoms with van der Waals surface area (Å²) < 4.78 is 32.8. The topological polar surface area (TPSA) is 88.6 Å². The quantitative estimate of drug-likeness (QED) is 0.802. The number of nitrogens with one attached hydrogen (secondary N) is 1. The maximum absolute atomic E-state index is 13.1. The van der Waals surface area contributed by atoms with Gasteiger partial charge in [0.2, 0.25) is 15.9 Å². The van der Waals surface area contributed by atoms with E-state index in [0.717, 1.165) is 35.4 Å². The number of rotatable bonds is 5. The monoisotopic (exact) mass is 421 g/mol. The van der Waals surface area contributed by atoms with E-state index < -0.39 is 10.0 Å². The van der Waals surface area contributed by atoms with Crippen molar-refractivity contribution in [3.8, 4) is 5.75 Å². The minimum Gasteiger partial charge on any atom is -0.496 e. The molecule has 1 fully saturated rings. The first-order valence-electron chi connectivity index (χ1n) is 9.32. The Bertz CT molecular complexity index is 1010. The SMILES string of the molecule is COc1ccc(S(=O)(=O)N2CCc3nc(NC(=O)C4CCC4)sc3C2)cc1C. The lowest BCUT2D eigenvalue weighted by Crippen LogP contribution is -2.35. The summed E-state index contributed by atoms with van der Waals surface area (Å²) in [5.74, 6) is 0.779. The summed E-state index contributed by atoms with van der Waals surface area (Å²) in [6.45, 7) is 2.48. The summed E-state index contributed by atoms with van der Waals surface area (Å²) in [5, 5.41) is 3.46. The van der Waals surface area contributed by atoms with Crippen molar-refractivity contribution in [2.24, 2.45) is 5.92 Å². The van der Waals surface area contributed by atoms with Gasteiger partial charge in [0.15, 0.2) is 5.13 Å². The Morgan fingerprint density at radius 2 is 2.14 bits per heavy atom. The molecule has 0 saturated heterocycles. The normalized spacial score (nSPS) is 17.6. The van der Waals surface area contributed by atoms with E-state index in [1.54, 1.807) is 25.3 Å². The van der Waals surface area contributed by atoms with Crippen molar-refractivity contribution in [1.29, 1.82) is 0 Å². The number of carbonyl (C=O) groups excluding carboxylic acids is 1. The number of anilines is 1. The van der Waals surface area contributed by atoms with Gasteiger partial charge in [0, 0.05) is 23.8 Å². The fourth-order valence-corrected chi connectivity index (χ4v) is 6.07. The van der Waals surface area contributed by atoms with Crippen LogP contribution in [0.2, 0.25) is 0 Å². The second kappa shape index (κ2) is 7.46. The zero-order chi connectivity index (χ0) is 19.9. The number of sulfonamides is 1. The van der Waals surface area contributed by atoms with Gasteiger partial charge in [-0.2, -0.15) is 4.31 Å². The molecule has 4 rings (SSSR count). The number of methoxy groups -OCH3 is 1. The molecule has 0 atom stereocenters. The molecule has 1 aliphatic carbocycles. The number of aromatic nitrogens is 1. The number of hydrogen-bond donors (Lipinski definition) is 1. The van der Waals surface area contributed by atoms with Gasteiger partial charge in [-0.25, -0.2) is 13.4 Å². The molecule has 150 valence electrons. The molecular weight excluding hydrogens is 398 g/mol. The number of benzene rings is 1. The Morgan fingerprint density at radius 3 is 2.79 bits per heavy atom. The highest BCUT2D eigenvalue weighted by atomic mass is 32.2. The first-order chi connectivity index (χ1) is 13.4. The van der Waals surface area contributed by atoms with E-state index in [2.05, 4.69) is 10.3 Å². The molecule has 9 heteroatoms. The Kier molecular flexibility index (Phi) is 5.15. The Balaban J connectivity index is 1.51. The number of aryl methyl sites for hydroxylation is 1. The van der Waals surface area contributed by atoms with Crippen LogP contribution in [0.25, 0.3) is 0 Å². The van der Waals surface area contributed by atoms with Gasteiger partial charge < -0.3 is 10.1 Å². The van der Waals surface area contributed by atoms with Gasteiger partial charge in [-0.1, -0.05) is 6.42 Å². The van der Waals surface area contributed by atoms with Crippen molar-refractivity contribution >= 4 is 32.4 Å². The van der Waals surface area contributed by atoms with Crippen molar-refractivity contribution in [3.05, 3.63) is 34.3 Å². The van der Waals surface area contributed by atoms with E-state index in [4.69, 9.17) is 4.74 Å². The van der Waals surface area contributed by atoms with E-state index in [9.17, 15) is 13.2 Å². The number of ether oxygens (including phenoxy) is 1. The van der Waals surface area contributed by atoms with Crippen molar-refractivity contribution in [1.82, 2.24) is 9.29 Å². The van der Waals surface area contributed by atoms with Gasteiger partial charge in [-0.05, 0) is 43.5 Å². The molecule has 1 aromatic carbocycles. The largest absolute Gasteiger partial charge is 0.496 e. The summed E-state index contributed by atoms with van der Waals surface area (Å²) in [4.78, 5) is 17.8. The molecule has 2 heterocycles. The van der Waals surface area contributed by atoms with E-state index in [-0.39, 0.29) is 23.3 Å². The van der Waals surface area contributed by atoms with Gasteiger partial charge in [-0.3, -0.25) is 4.79 Å². The second-order valence-electron chi connectivity index (χ2n) is 7.23. The van der Waals surface area contributed by atoms with Crippen LogP contribution in [0, 0.1) is 12.8 Å². The predicted molar refractivity (Wildman–Crippen MR) is 107 cm³/mol. The van der Waals surface area contributed by atoms with Crippen LogP contribution in [0.3, 0.4) is 0 Å². The van der Waals surface area contributed by atoms with Gasteiger partial charge in [0.25, 0.3) is 0 Å².